The highest BCUT2D eigenvalue weighted by Crippen LogP contribution is 2.42. The molecule has 5 aromatic rings. The Kier molecular flexibility index (Phi) is 8.06. The monoisotopic (exact) mass is 555 g/mol. The number of nitrogens with zero attached hydrogens (tertiary/aromatic N) is 1. The van der Waals surface area contributed by atoms with Crippen LogP contribution in [0.4, 0.5) is 13.2 Å². The summed E-state index contributed by atoms with van der Waals surface area (Å²) in [5.74, 6) is -0.264. The van der Waals surface area contributed by atoms with Gasteiger partial charge in [-0.1, -0.05) is 79.7 Å². The number of hydrogen-bond acceptors (Lipinski definition) is 3. The first-order valence-electron chi connectivity index (χ1n) is 13.3. The minimum absolute atomic E-state index is 0.0709. The summed E-state index contributed by atoms with van der Waals surface area (Å²) >= 11 is 0. The van der Waals surface area contributed by atoms with E-state index < -0.39 is 17.7 Å². The van der Waals surface area contributed by atoms with Crippen molar-refractivity contribution in [3.8, 4) is 28.0 Å². The fourth-order valence-corrected chi connectivity index (χ4v) is 5.02. The van der Waals surface area contributed by atoms with E-state index in [9.17, 15) is 18.0 Å². The van der Waals surface area contributed by atoms with Crippen LogP contribution >= 0.6 is 0 Å². The highest BCUT2D eigenvalue weighted by atomic mass is 19.4. The molecule has 0 fully saturated rings. The molecule has 0 aliphatic carbocycles. The lowest BCUT2D eigenvalue weighted by molar-refractivity contribution is -0.137. The largest absolute Gasteiger partial charge is 0.489 e. The number of alkyl halides is 3. The predicted molar refractivity (Wildman–Crippen MR) is 154 cm³/mol. The van der Waals surface area contributed by atoms with Crippen LogP contribution in [0.5, 0.6) is 5.75 Å². The molecule has 0 saturated carbocycles. The van der Waals surface area contributed by atoms with Crippen LogP contribution in [0.25, 0.3) is 33.2 Å². The lowest BCUT2D eigenvalue weighted by atomic mass is 9.89. The van der Waals surface area contributed by atoms with E-state index >= 15 is 0 Å². The van der Waals surface area contributed by atoms with Crippen molar-refractivity contribution in [3.05, 3.63) is 119 Å². The smallest absolute Gasteiger partial charge is 0.418 e. The van der Waals surface area contributed by atoms with E-state index in [1.807, 2.05) is 79.7 Å². The van der Waals surface area contributed by atoms with Crippen molar-refractivity contribution in [1.82, 2.24) is 4.98 Å². The summed E-state index contributed by atoms with van der Waals surface area (Å²) in [5.41, 5.74) is 5.11. The molecule has 208 valence electrons. The van der Waals surface area contributed by atoms with Gasteiger partial charge in [0.1, 0.15) is 12.4 Å². The fraction of sp³-hybridized carbons (Fsp3) is 0.176. The van der Waals surface area contributed by atoms with Crippen LogP contribution in [0.1, 0.15) is 35.6 Å². The first kappa shape index (κ1) is 27.9. The number of halogens is 3. The van der Waals surface area contributed by atoms with Crippen molar-refractivity contribution >= 4 is 16.9 Å². The number of rotatable bonds is 9. The quantitative estimate of drug-likeness (QED) is 0.198. The van der Waals surface area contributed by atoms with Crippen LogP contribution in [-0.2, 0) is 30.4 Å². The van der Waals surface area contributed by atoms with Gasteiger partial charge in [-0.3, -0.25) is 9.78 Å². The third kappa shape index (κ3) is 6.24. The summed E-state index contributed by atoms with van der Waals surface area (Å²) in [6.07, 6.45) is -1.71. The third-order valence-corrected chi connectivity index (χ3v) is 7.07. The Morgan fingerprint density at radius 3 is 2.34 bits per heavy atom. The summed E-state index contributed by atoms with van der Waals surface area (Å²) in [4.78, 5) is 15.2. The van der Waals surface area contributed by atoms with Gasteiger partial charge in [0.2, 0.25) is 0 Å². The lowest BCUT2D eigenvalue weighted by Crippen LogP contribution is -2.07. The molecule has 4 nitrogen and oxygen atoms in total. The van der Waals surface area contributed by atoms with Gasteiger partial charge in [0, 0.05) is 29.1 Å². The van der Waals surface area contributed by atoms with Gasteiger partial charge in [0.15, 0.2) is 0 Å². The fourth-order valence-electron chi connectivity index (χ4n) is 5.02. The zero-order valence-electron chi connectivity index (χ0n) is 22.4. The zero-order valence-corrected chi connectivity index (χ0v) is 22.4. The van der Waals surface area contributed by atoms with E-state index in [2.05, 4.69) is 4.98 Å². The molecule has 1 N–H and O–H groups in total. The van der Waals surface area contributed by atoms with E-state index in [-0.39, 0.29) is 18.5 Å². The molecule has 7 heteroatoms. The van der Waals surface area contributed by atoms with Gasteiger partial charge in [0.25, 0.3) is 0 Å². The Labute approximate surface area is 236 Å². The van der Waals surface area contributed by atoms with Crippen LogP contribution < -0.4 is 4.74 Å². The van der Waals surface area contributed by atoms with Crippen molar-refractivity contribution in [2.45, 2.75) is 39.0 Å². The Bertz CT molecular complexity index is 1690. The molecule has 1 heterocycles. The number of carboxylic acids is 1. The molecule has 0 amide bonds. The predicted octanol–water partition coefficient (Wildman–Crippen LogP) is 8.75. The number of para-hydroxylation sites is 1. The molecule has 0 radical (unpaired) electrons. The SMILES string of the molecule is CCc1ccccc1-c1cnc2c(C(F)(F)F)cccc2c1-c1cccc(OCc2ccc(CCC(=O)O)cc2)c1. The molecule has 0 spiro atoms. The molecule has 5 rings (SSSR count). The van der Waals surface area contributed by atoms with Crippen molar-refractivity contribution in [2.24, 2.45) is 0 Å². The number of aliphatic carboxylic acids is 1. The Balaban J connectivity index is 1.55. The average molecular weight is 556 g/mol. The van der Waals surface area contributed by atoms with Gasteiger partial charge in [-0.2, -0.15) is 13.2 Å². The Hall–Kier alpha value is -4.65. The molecular formula is C34H28F3NO3. The number of hydrogen-bond donors (Lipinski definition) is 1. The summed E-state index contributed by atoms with van der Waals surface area (Å²) in [6, 6.07) is 26.9. The Morgan fingerprint density at radius 2 is 1.61 bits per heavy atom. The number of fused-ring (bicyclic) bond motifs is 1. The maximum atomic E-state index is 13.9. The van der Waals surface area contributed by atoms with Gasteiger partial charge in [-0.25, -0.2) is 0 Å². The molecule has 0 saturated heterocycles. The number of aromatic nitrogens is 1. The van der Waals surface area contributed by atoms with Crippen molar-refractivity contribution in [2.75, 3.05) is 0 Å². The summed E-state index contributed by atoms with van der Waals surface area (Å²) in [6.45, 7) is 2.32. The molecule has 0 atom stereocenters. The van der Waals surface area contributed by atoms with Gasteiger partial charge in [-0.05, 0) is 58.9 Å². The number of pyridine rings is 1. The van der Waals surface area contributed by atoms with Gasteiger partial charge < -0.3 is 9.84 Å². The maximum Gasteiger partial charge on any atom is 0.418 e. The van der Waals surface area contributed by atoms with E-state index in [1.54, 1.807) is 12.3 Å². The van der Waals surface area contributed by atoms with Crippen molar-refractivity contribution in [3.63, 3.8) is 0 Å². The van der Waals surface area contributed by atoms with Crippen LogP contribution in [0, 0.1) is 0 Å². The molecule has 41 heavy (non-hydrogen) atoms. The van der Waals surface area contributed by atoms with Gasteiger partial charge >= 0.3 is 12.1 Å². The molecule has 0 unspecified atom stereocenters. The van der Waals surface area contributed by atoms with Crippen molar-refractivity contribution in [1.29, 1.82) is 0 Å². The minimum atomic E-state index is -4.54. The molecule has 4 aromatic carbocycles. The van der Waals surface area contributed by atoms with E-state index in [4.69, 9.17) is 9.84 Å². The number of aryl methyl sites for hydroxylation is 2. The van der Waals surface area contributed by atoms with Crippen LogP contribution in [0.2, 0.25) is 0 Å². The van der Waals surface area contributed by atoms with Crippen LogP contribution in [-0.4, -0.2) is 16.1 Å². The molecular weight excluding hydrogens is 527 g/mol. The van der Waals surface area contributed by atoms with E-state index in [1.165, 1.54) is 6.07 Å². The summed E-state index contributed by atoms with van der Waals surface area (Å²) in [5, 5.41) is 9.30. The van der Waals surface area contributed by atoms with Crippen LogP contribution in [0.15, 0.2) is 97.2 Å². The number of carboxylic acid groups (broad SMARTS) is 1. The number of ether oxygens (including phenoxy) is 1. The van der Waals surface area contributed by atoms with Gasteiger partial charge in [-0.15, -0.1) is 0 Å². The molecule has 1 aromatic heterocycles. The third-order valence-electron chi connectivity index (χ3n) is 7.07. The first-order valence-corrected chi connectivity index (χ1v) is 13.3. The topological polar surface area (TPSA) is 59.4 Å². The van der Waals surface area contributed by atoms with E-state index in [0.717, 1.165) is 45.9 Å². The zero-order chi connectivity index (χ0) is 29.0. The standard InChI is InChI=1S/C34H28F3NO3/c1-2-24-7-3-4-10-27(24)29-20-38-33-28(11-6-12-30(33)34(35,36)37)32(29)25-8-5-9-26(19-25)41-21-23-15-13-22(14-16-23)17-18-31(39)40/h3-16,19-20H,2,17-18,21H2,1H3,(H,39,40). The lowest BCUT2D eigenvalue weighted by Gasteiger charge is -2.18. The second-order valence-corrected chi connectivity index (χ2v) is 9.78. The second kappa shape index (κ2) is 11.8. The summed E-state index contributed by atoms with van der Waals surface area (Å²) < 4.78 is 47.9. The maximum absolute atomic E-state index is 13.9. The summed E-state index contributed by atoms with van der Waals surface area (Å²) in [7, 11) is 0. The van der Waals surface area contributed by atoms with Crippen molar-refractivity contribution < 1.29 is 27.8 Å². The van der Waals surface area contributed by atoms with E-state index in [0.29, 0.717) is 23.1 Å². The average Bonchev–Trinajstić information content (AvgIpc) is 2.98. The van der Waals surface area contributed by atoms with Gasteiger partial charge in [0.05, 0.1) is 11.1 Å². The second-order valence-electron chi connectivity index (χ2n) is 9.78. The minimum Gasteiger partial charge on any atom is -0.489 e. The van der Waals surface area contributed by atoms with Crippen LogP contribution in [0.3, 0.4) is 0 Å². The first-order chi connectivity index (χ1) is 19.7. The number of carbonyl (C=O) groups is 1. The molecule has 0 aliphatic heterocycles. The Morgan fingerprint density at radius 1 is 0.878 bits per heavy atom. The highest BCUT2D eigenvalue weighted by Gasteiger charge is 2.34. The molecule has 0 bridgehead atoms. The normalized spacial score (nSPS) is 11.5. The molecule has 0 aliphatic rings. The number of benzene rings is 4. The highest BCUT2D eigenvalue weighted by molar-refractivity contribution is 6.03.